The van der Waals surface area contributed by atoms with Gasteiger partial charge in [0, 0.05) is 30.9 Å². The van der Waals surface area contributed by atoms with Gasteiger partial charge in [-0.3, -0.25) is 0 Å². The summed E-state index contributed by atoms with van der Waals surface area (Å²) in [7, 11) is 3.19. The van der Waals surface area contributed by atoms with Crippen LogP contribution in [-0.2, 0) is 4.74 Å². The van der Waals surface area contributed by atoms with E-state index in [0.717, 1.165) is 17.2 Å². The monoisotopic (exact) mass is 290 g/mol. The van der Waals surface area contributed by atoms with Crippen molar-refractivity contribution in [2.75, 3.05) is 27.4 Å². The van der Waals surface area contributed by atoms with Crippen LogP contribution in [0.4, 0.5) is 0 Å². The van der Waals surface area contributed by atoms with Crippen LogP contribution in [0.15, 0.2) is 30.3 Å². The van der Waals surface area contributed by atoms with Crippen LogP contribution in [0.1, 0.15) is 16.8 Å². The maximum absolute atomic E-state index is 11.3. The number of hydrogen-bond donors (Lipinski definition) is 1. The standard InChI is InChI=1S/C16H18O5/c1-19-7-4-8-21-15-10-11(16(17)18)9-13-12(15)5-3-6-14(13)20-2/h3,5-6,9-10H,4,7-8H2,1-2H3,(H,17,18). The van der Waals surface area contributed by atoms with Gasteiger partial charge in [-0.05, 0) is 18.2 Å². The highest BCUT2D eigenvalue weighted by molar-refractivity contribution is 6.00. The second-order valence-corrected chi connectivity index (χ2v) is 4.53. The molecule has 5 nitrogen and oxygen atoms in total. The molecule has 0 unspecified atom stereocenters. The molecule has 2 rings (SSSR count). The Hall–Kier alpha value is -2.27. The van der Waals surface area contributed by atoms with Crippen molar-refractivity contribution in [1.82, 2.24) is 0 Å². The zero-order valence-corrected chi connectivity index (χ0v) is 12.1. The van der Waals surface area contributed by atoms with Crippen LogP contribution in [0.2, 0.25) is 0 Å². The Bertz CT molecular complexity index is 636. The molecule has 21 heavy (non-hydrogen) atoms. The average molecular weight is 290 g/mol. The molecule has 0 spiro atoms. The highest BCUT2D eigenvalue weighted by atomic mass is 16.5. The van der Waals surface area contributed by atoms with Crippen molar-refractivity contribution >= 4 is 16.7 Å². The number of carboxylic acids is 1. The first-order valence-corrected chi connectivity index (χ1v) is 6.63. The van der Waals surface area contributed by atoms with E-state index >= 15 is 0 Å². The third-order valence-electron chi connectivity index (χ3n) is 3.14. The van der Waals surface area contributed by atoms with Gasteiger partial charge in [0.1, 0.15) is 11.5 Å². The minimum Gasteiger partial charge on any atom is -0.496 e. The molecule has 0 atom stereocenters. The highest BCUT2D eigenvalue weighted by Crippen LogP contribution is 2.33. The van der Waals surface area contributed by atoms with Crippen LogP contribution in [0.25, 0.3) is 10.8 Å². The van der Waals surface area contributed by atoms with Gasteiger partial charge >= 0.3 is 5.97 Å². The fraction of sp³-hybridized carbons (Fsp3) is 0.312. The van der Waals surface area contributed by atoms with Gasteiger partial charge in [0.2, 0.25) is 0 Å². The summed E-state index contributed by atoms with van der Waals surface area (Å²) in [5.74, 6) is 0.168. The minimum absolute atomic E-state index is 0.175. The Labute approximate surface area is 123 Å². The van der Waals surface area contributed by atoms with E-state index in [1.807, 2.05) is 12.1 Å². The molecule has 0 bridgehead atoms. The van der Waals surface area contributed by atoms with E-state index < -0.39 is 5.97 Å². The molecule has 1 N–H and O–H groups in total. The normalized spacial score (nSPS) is 10.6. The summed E-state index contributed by atoms with van der Waals surface area (Å²) in [5, 5.41) is 10.8. The molecule has 0 amide bonds. The van der Waals surface area contributed by atoms with Crippen LogP contribution in [0.5, 0.6) is 11.5 Å². The zero-order chi connectivity index (χ0) is 15.2. The lowest BCUT2D eigenvalue weighted by molar-refractivity contribution is 0.0696. The maximum Gasteiger partial charge on any atom is 0.335 e. The largest absolute Gasteiger partial charge is 0.496 e. The molecule has 5 heteroatoms. The molecule has 0 heterocycles. The first-order valence-electron chi connectivity index (χ1n) is 6.63. The zero-order valence-electron chi connectivity index (χ0n) is 12.1. The fourth-order valence-corrected chi connectivity index (χ4v) is 2.13. The number of carboxylic acid groups (broad SMARTS) is 1. The molecule has 0 aliphatic rings. The van der Waals surface area contributed by atoms with Gasteiger partial charge in [-0.2, -0.15) is 0 Å². The predicted octanol–water partition coefficient (Wildman–Crippen LogP) is 2.96. The fourth-order valence-electron chi connectivity index (χ4n) is 2.13. The Kier molecular flexibility index (Phi) is 5.00. The lowest BCUT2D eigenvalue weighted by Crippen LogP contribution is -2.04. The maximum atomic E-state index is 11.3. The van der Waals surface area contributed by atoms with E-state index in [9.17, 15) is 9.90 Å². The third-order valence-corrected chi connectivity index (χ3v) is 3.14. The Morgan fingerprint density at radius 2 is 1.90 bits per heavy atom. The van der Waals surface area contributed by atoms with Crippen LogP contribution in [0, 0.1) is 0 Å². The molecule has 0 radical (unpaired) electrons. The molecule has 2 aromatic rings. The Morgan fingerprint density at radius 1 is 1.10 bits per heavy atom. The molecule has 0 saturated heterocycles. The van der Waals surface area contributed by atoms with E-state index in [2.05, 4.69) is 0 Å². The highest BCUT2D eigenvalue weighted by Gasteiger charge is 2.12. The van der Waals surface area contributed by atoms with Crippen molar-refractivity contribution in [2.45, 2.75) is 6.42 Å². The van der Waals surface area contributed by atoms with Gasteiger partial charge in [-0.15, -0.1) is 0 Å². The summed E-state index contributed by atoms with van der Waals surface area (Å²) in [4.78, 5) is 11.3. The smallest absolute Gasteiger partial charge is 0.335 e. The number of methoxy groups -OCH3 is 2. The van der Waals surface area contributed by atoms with Crippen LogP contribution in [0.3, 0.4) is 0 Å². The van der Waals surface area contributed by atoms with E-state index in [1.165, 1.54) is 6.07 Å². The van der Waals surface area contributed by atoms with Crippen molar-refractivity contribution in [3.8, 4) is 11.5 Å². The van der Waals surface area contributed by atoms with Gasteiger partial charge in [0.15, 0.2) is 0 Å². The first-order chi connectivity index (χ1) is 10.2. The molecule has 0 saturated carbocycles. The Balaban J connectivity index is 2.43. The molecule has 0 aliphatic heterocycles. The summed E-state index contributed by atoms with van der Waals surface area (Å²) in [5.41, 5.74) is 0.175. The van der Waals surface area contributed by atoms with Gasteiger partial charge in [0.25, 0.3) is 0 Å². The summed E-state index contributed by atoms with van der Waals surface area (Å²) in [6.45, 7) is 1.06. The SMILES string of the molecule is COCCCOc1cc(C(=O)O)cc2c(OC)cccc12. The van der Waals surface area contributed by atoms with Gasteiger partial charge < -0.3 is 19.3 Å². The van der Waals surface area contributed by atoms with Crippen LogP contribution < -0.4 is 9.47 Å². The van der Waals surface area contributed by atoms with E-state index in [0.29, 0.717) is 24.7 Å². The average Bonchev–Trinajstić information content (AvgIpc) is 2.50. The second kappa shape index (κ2) is 6.95. The molecule has 2 aromatic carbocycles. The number of benzene rings is 2. The lowest BCUT2D eigenvalue weighted by atomic mass is 10.0. The number of aromatic carboxylic acids is 1. The van der Waals surface area contributed by atoms with E-state index in [-0.39, 0.29) is 5.56 Å². The van der Waals surface area contributed by atoms with Crippen molar-refractivity contribution in [1.29, 1.82) is 0 Å². The van der Waals surface area contributed by atoms with Crippen LogP contribution in [-0.4, -0.2) is 38.5 Å². The molecule has 0 fully saturated rings. The van der Waals surface area contributed by atoms with Gasteiger partial charge in [-0.25, -0.2) is 4.79 Å². The lowest BCUT2D eigenvalue weighted by Gasteiger charge is -2.12. The summed E-state index contributed by atoms with van der Waals surface area (Å²) >= 11 is 0. The molecular formula is C16H18O5. The van der Waals surface area contributed by atoms with Crippen molar-refractivity contribution < 1.29 is 24.1 Å². The number of fused-ring (bicyclic) bond motifs is 1. The summed E-state index contributed by atoms with van der Waals surface area (Å²) < 4.78 is 16.0. The van der Waals surface area contributed by atoms with Crippen molar-refractivity contribution in [3.05, 3.63) is 35.9 Å². The number of rotatable bonds is 7. The van der Waals surface area contributed by atoms with Crippen molar-refractivity contribution in [2.24, 2.45) is 0 Å². The van der Waals surface area contributed by atoms with Gasteiger partial charge in [-0.1, -0.05) is 12.1 Å². The third kappa shape index (κ3) is 3.44. The van der Waals surface area contributed by atoms with Gasteiger partial charge in [0.05, 0.1) is 19.3 Å². The van der Waals surface area contributed by atoms with Crippen molar-refractivity contribution in [3.63, 3.8) is 0 Å². The minimum atomic E-state index is -0.996. The number of ether oxygens (including phenoxy) is 3. The predicted molar refractivity (Wildman–Crippen MR) is 79.4 cm³/mol. The van der Waals surface area contributed by atoms with Crippen LogP contribution >= 0.6 is 0 Å². The first kappa shape index (κ1) is 15.1. The summed E-state index contributed by atoms with van der Waals surface area (Å²) in [6.07, 6.45) is 0.735. The second-order valence-electron chi connectivity index (χ2n) is 4.53. The molecular weight excluding hydrogens is 272 g/mol. The number of hydrogen-bond acceptors (Lipinski definition) is 4. The Morgan fingerprint density at radius 3 is 2.57 bits per heavy atom. The molecule has 112 valence electrons. The summed E-state index contributed by atoms with van der Waals surface area (Å²) in [6, 6.07) is 8.66. The van der Waals surface area contributed by atoms with E-state index in [1.54, 1.807) is 26.4 Å². The topological polar surface area (TPSA) is 65.0 Å². The number of carbonyl (C=O) groups is 1. The molecule has 0 aliphatic carbocycles. The quantitative estimate of drug-likeness (QED) is 0.794. The molecule has 0 aromatic heterocycles. The van der Waals surface area contributed by atoms with E-state index in [4.69, 9.17) is 14.2 Å².